The number of ether oxygens (including phenoxy) is 1. The van der Waals surface area contributed by atoms with Gasteiger partial charge in [0.15, 0.2) is 15.0 Å². The van der Waals surface area contributed by atoms with Crippen LogP contribution in [-0.2, 0) is 9.84 Å². The molecule has 0 spiro atoms. The average Bonchev–Trinajstić information content (AvgIpc) is 3.13. The van der Waals surface area contributed by atoms with Gasteiger partial charge in [-0.05, 0) is 24.3 Å². The molecular weight excluding hydrogens is 384 g/mol. The number of benzene rings is 2. The number of hydrogen-bond acceptors (Lipinski definition) is 5. The largest absolute Gasteiger partial charge is 0.496 e. The number of methoxy groups -OCH3 is 1. The molecule has 4 rings (SSSR count). The Labute approximate surface area is 162 Å². The third-order valence-corrected chi connectivity index (χ3v) is 7.85. The maximum Gasteiger partial charge on any atom is 0.283 e. The van der Waals surface area contributed by atoms with Crippen molar-refractivity contribution < 1.29 is 17.9 Å². The van der Waals surface area contributed by atoms with Crippen molar-refractivity contribution in [3.63, 3.8) is 0 Å². The quantitative estimate of drug-likeness (QED) is 0.786. The second-order valence-corrected chi connectivity index (χ2v) is 9.77. The lowest BCUT2D eigenvalue weighted by Crippen LogP contribution is -2.37. The predicted molar refractivity (Wildman–Crippen MR) is 108 cm³/mol. The van der Waals surface area contributed by atoms with Crippen molar-refractivity contribution >= 4 is 38.4 Å². The number of nitrogens with zero attached hydrogens (tertiary/aromatic N) is 2. The van der Waals surface area contributed by atoms with Crippen LogP contribution in [0.3, 0.4) is 0 Å². The number of anilines is 1. The zero-order valence-corrected chi connectivity index (χ0v) is 16.2. The molecular formula is C19H18N2O4S2. The number of aliphatic imine (C=N–C) groups is 1. The second kappa shape index (κ2) is 7.01. The van der Waals surface area contributed by atoms with E-state index in [1.54, 1.807) is 24.3 Å². The van der Waals surface area contributed by atoms with E-state index in [9.17, 15) is 13.2 Å². The van der Waals surface area contributed by atoms with Gasteiger partial charge in [-0.1, -0.05) is 42.1 Å². The van der Waals surface area contributed by atoms with Crippen molar-refractivity contribution in [3.05, 3.63) is 60.2 Å². The summed E-state index contributed by atoms with van der Waals surface area (Å²) in [4.78, 5) is 19.0. The van der Waals surface area contributed by atoms with E-state index < -0.39 is 15.7 Å². The van der Waals surface area contributed by atoms with Crippen LogP contribution < -0.4 is 9.64 Å². The Morgan fingerprint density at radius 3 is 2.56 bits per heavy atom. The van der Waals surface area contributed by atoms with Gasteiger partial charge in [0.05, 0.1) is 30.2 Å². The molecule has 140 valence electrons. The van der Waals surface area contributed by atoms with E-state index in [0.29, 0.717) is 16.5 Å². The highest BCUT2D eigenvalue weighted by atomic mass is 32.2. The first-order chi connectivity index (χ1) is 13.0. The third kappa shape index (κ3) is 3.46. The Bertz CT molecular complexity index is 1010. The topological polar surface area (TPSA) is 76.0 Å². The number of para-hydroxylation sites is 2. The molecule has 0 saturated carbocycles. The lowest BCUT2D eigenvalue weighted by molar-refractivity contribution is 0.1000. The van der Waals surface area contributed by atoms with Gasteiger partial charge in [0, 0.05) is 10.9 Å². The van der Waals surface area contributed by atoms with Gasteiger partial charge < -0.3 is 9.64 Å². The smallest absolute Gasteiger partial charge is 0.283 e. The molecule has 2 atom stereocenters. The van der Waals surface area contributed by atoms with Gasteiger partial charge in [0.2, 0.25) is 0 Å². The Morgan fingerprint density at radius 2 is 1.81 bits per heavy atom. The van der Waals surface area contributed by atoms with Crippen LogP contribution in [0.2, 0.25) is 0 Å². The fourth-order valence-corrected chi connectivity index (χ4v) is 7.34. The summed E-state index contributed by atoms with van der Waals surface area (Å²) in [5, 5.41) is 0.404. The first-order valence-corrected chi connectivity index (χ1v) is 11.2. The monoisotopic (exact) mass is 402 g/mol. The van der Waals surface area contributed by atoms with Gasteiger partial charge in [-0.2, -0.15) is 4.99 Å². The summed E-state index contributed by atoms with van der Waals surface area (Å²) < 4.78 is 29.4. The Balaban J connectivity index is 1.73. The molecule has 2 fully saturated rings. The normalized spacial score (nSPS) is 24.8. The first kappa shape index (κ1) is 18.1. The number of fused-ring (bicyclic) bond motifs is 1. The molecule has 0 N–H and O–H groups in total. The number of carbonyl (C=O) groups excluding carboxylic acids is 1. The molecule has 2 saturated heterocycles. The van der Waals surface area contributed by atoms with Crippen molar-refractivity contribution in [2.75, 3.05) is 23.5 Å². The number of amides is 1. The van der Waals surface area contributed by atoms with Gasteiger partial charge in [-0.15, -0.1) is 0 Å². The summed E-state index contributed by atoms with van der Waals surface area (Å²) in [5.41, 5.74) is 1.21. The van der Waals surface area contributed by atoms with E-state index >= 15 is 0 Å². The Morgan fingerprint density at radius 1 is 1.11 bits per heavy atom. The van der Waals surface area contributed by atoms with Crippen LogP contribution in [0.4, 0.5) is 5.69 Å². The van der Waals surface area contributed by atoms with Gasteiger partial charge in [0.1, 0.15) is 5.75 Å². The number of amidine groups is 1. The zero-order chi connectivity index (χ0) is 19.0. The molecule has 0 aliphatic carbocycles. The molecule has 2 aromatic carbocycles. The highest BCUT2D eigenvalue weighted by molar-refractivity contribution is 8.16. The number of sulfone groups is 1. The highest BCUT2D eigenvalue weighted by Gasteiger charge is 2.49. The van der Waals surface area contributed by atoms with E-state index in [1.807, 2.05) is 35.2 Å². The molecule has 2 aliphatic heterocycles. The van der Waals surface area contributed by atoms with Crippen molar-refractivity contribution in [1.82, 2.24) is 0 Å². The second-order valence-electron chi connectivity index (χ2n) is 6.41. The van der Waals surface area contributed by atoms with Gasteiger partial charge >= 0.3 is 0 Å². The van der Waals surface area contributed by atoms with E-state index in [-0.39, 0.29) is 22.8 Å². The van der Waals surface area contributed by atoms with Gasteiger partial charge in [-0.3, -0.25) is 4.79 Å². The summed E-state index contributed by atoms with van der Waals surface area (Å²) in [5.74, 6) is 0.234. The maximum absolute atomic E-state index is 12.8. The van der Waals surface area contributed by atoms with Crippen molar-refractivity contribution in [2.24, 2.45) is 4.99 Å². The predicted octanol–water partition coefficient (Wildman–Crippen LogP) is 2.61. The molecule has 0 bridgehead atoms. The van der Waals surface area contributed by atoms with Crippen LogP contribution in [0.1, 0.15) is 10.4 Å². The molecule has 6 nitrogen and oxygen atoms in total. The number of rotatable bonds is 3. The Kier molecular flexibility index (Phi) is 4.69. The molecule has 1 amide bonds. The minimum absolute atomic E-state index is 0.0709. The third-order valence-electron chi connectivity index (χ3n) is 4.64. The molecule has 2 unspecified atom stereocenters. The van der Waals surface area contributed by atoms with Crippen LogP contribution in [0, 0.1) is 0 Å². The van der Waals surface area contributed by atoms with Crippen LogP contribution >= 0.6 is 11.8 Å². The number of thioether (sulfide) groups is 1. The molecule has 8 heteroatoms. The fraction of sp³-hybridized carbons (Fsp3) is 0.263. The van der Waals surface area contributed by atoms with Crippen LogP contribution in [0.15, 0.2) is 59.6 Å². The molecule has 2 heterocycles. The van der Waals surface area contributed by atoms with E-state index in [4.69, 9.17) is 4.74 Å². The van der Waals surface area contributed by atoms with E-state index in [2.05, 4.69) is 4.99 Å². The van der Waals surface area contributed by atoms with Crippen LogP contribution in [-0.4, -0.2) is 49.4 Å². The summed E-state index contributed by atoms with van der Waals surface area (Å²) in [6.45, 7) is 0. The highest BCUT2D eigenvalue weighted by Crippen LogP contribution is 2.41. The molecule has 0 aromatic heterocycles. The summed E-state index contributed by atoms with van der Waals surface area (Å²) in [7, 11) is -1.57. The lowest BCUT2D eigenvalue weighted by atomic mass is 10.2. The van der Waals surface area contributed by atoms with Gasteiger partial charge in [0.25, 0.3) is 5.91 Å². The zero-order valence-electron chi connectivity index (χ0n) is 14.6. The van der Waals surface area contributed by atoms with Gasteiger partial charge in [-0.25, -0.2) is 8.42 Å². The van der Waals surface area contributed by atoms with Crippen molar-refractivity contribution in [2.45, 2.75) is 11.3 Å². The number of hydrogen-bond donors (Lipinski definition) is 0. The summed E-state index contributed by atoms with van der Waals surface area (Å²) >= 11 is 1.36. The van der Waals surface area contributed by atoms with E-state index in [0.717, 1.165) is 5.69 Å². The molecule has 27 heavy (non-hydrogen) atoms. The SMILES string of the molecule is COc1ccccc1C(=O)N=C1SC2CS(=O)(=O)CC2N1c1ccccc1. The van der Waals surface area contributed by atoms with Crippen LogP contribution in [0.5, 0.6) is 5.75 Å². The fourth-order valence-electron chi connectivity index (χ4n) is 3.42. The average molecular weight is 402 g/mol. The Hall–Kier alpha value is -2.32. The minimum Gasteiger partial charge on any atom is -0.496 e. The lowest BCUT2D eigenvalue weighted by Gasteiger charge is -2.24. The van der Waals surface area contributed by atoms with Crippen molar-refractivity contribution in [1.29, 1.82) is 0 Å². The summed E-state index contributed by atoms with van der Waals surface area (Å²) in [6.07, 6.45) is 0. The molecule has 2 aliphatic rings. The standard InChI is InChI=1S/C19H18N2O4S2/c1-25-16-10-6-5-9-14(16)18(22)20-19-21(13-7-3-2-4-8-13)15-11-27(23,24)12-17(15)26-19/h2-10,15,17H,11-12H2,1H3. The maximum atomic E-state index is 12.8. The minimum atomic E-state index is -3.08. The first-order valence-electron chi connectivity index (χ1n) is 8.46. The summed E-state index contributed by atoms with van der Waals surface area (Å²) in [6, 6.07) is 16.2. The molecule has 2 aromatic rings. The number of carbonyl (C=O) groups is 1. The molecule has 0 radical (unpaired) electrons. The van der Waals surface area contributed by atoms with Crippen LogP contribution in [0.25, 0.3) is 0 Å². The van der Waals surface area contributed by atoms with E-state index in [1.165, 1.54) is 18.9 Å². The van der Waals surface area contributed by atoms with Crippen molar-refractivity contribution in [3.8, 4) is 5.75 Å².